The Hall–Kier alpha value is -3.95. The Kier molecular flexibility index (Phi) is 8.09. The molecule has 0 saturated carbocycles. The van der Waals surface area contributed by atoms with Crippen LogP contribution in [0.5, 0.6) is 5.75 Å². The molecule has 198 valence electrons. The van der Waals surface area contributed by atoms with Gasteiger partial charge in [0.25, 0.3) is 5.56 Å². The van der Waals surface area contributed by atoms with E-state index in [0.717, 1.165) is 39.9 Å². The fourth-order valence-electron chi connectivity index (χ4n) is 4.14. The third-order valence-electron chi connectivity index (χ3n) is 6.01. The van der Waals surface area contributed by atoms with Gasteiger partial charge in [0.2, 0.25) is 5.91 Å². The van der Waals surface area contributed by atoms with Crippen molar-refractivity contribution >= 4 is 44.9 Å². The zero-order valence-electron chi connectivity index (χ0n) is 21.4. The summed E-state index contributed by atoms with van der Waals surface area (Å²) < 4.78 is 21.4. The Balaban J connectivity index is 1.55. The van der Waals surface area contributed by atoms with Crippen LogP contribution in [0.1, 0.15) is 19.4 Å². The van der Waals surface area contributed by atoms with E-state index in [0.29, 0.717) is 33.4 Å². The summed E-state index contributed by atoms with van der Waals surface area (Å²) in [6.07, 6.45) is 0.877. The van der Waals surface area contributed by atoms with Crippen molar-refractivity contribution in [3.05, 3.63) is 101 Å². The van der Waals surface area contributed by atoms with Crippen LogP contribution in [0.25, 0.3) is 26.3 Å². The van der Waals surface area contributed by atoms with E-state index in [1.54, 1.807) is 10.6 Å². The first kappa shape index (κ1) is 26.6. The van der Waals surface area contributed by atoms with E-state index >= 15 is 0 Å². The van der Waals surface area contributed by atoms with Gasteiger partial charge in [-0.2, -0.15) is 0 Å². The largest absolute Gasteiger partial charge is 0.493 e. The Morgan fingerprint density at radius 3 is 2.59 bits per heavy atom. The third-order valence-corrected chi connectivity index (χ3v) is 8.10. The number of thioether (sulfide) groups is 1. The Labute approximate surface area is 233 Å². The molecule has 0 bridgehead atoms. The SMILES string of the molecule is CCOc1ccccc1-c1cc2nc(SCC(=O)Nc3cccc(F)c3)n(-c3ccc(CC)cc3)c(=O)c2s1. The van der Waals surface area contributed by atoms with E-state index in [-0.39, 0.29) is 17.2 Å². The molecular weight excluding hydrogens is 533 g/mol. The van der Waals surface area contributed by atoms with E-state index in [2.05, 4.69) is 12.2 Å². The van der Waals surface area contributed by atoms with Crippen LogP contribution in [0, 0.1) is 5.82 Å². The molecule has 0 aliphatic carbocycles. The molecule has 3 aromatic carbocycles. The predicted octanol–water partition coefficient (Wildman–Crippen LogP) is 6.95. The van der Waals surface area contributed by atoms with E-state index < -0.39 is 5.82 Å². The predicted molar refractivity (Wildman–Crippen MR) is 157 cm³/mol. The number of ether oxygens (including phenoxy) is 1. The van der Waals surface area contributed by atoms with Gasteiger partial charge in [0.05, 0.1) is 23.6 Å². The second kappa shape index (κ2) is 11.8. The summed E-state index contributed by atoms with van der Waals surface area (Å²) in [5, 5.41) is 3.09. The fraction of sp³-hybridized carbons (Fsp3) is 0.167. The molecule has 0 spiro atoms. The molecule has 6 nitrogen and oxygen atoms in total. The van der Waals surface area contributed by atoms with Gasteiger partial charge in [0.15, 0.2) is 5.16 Å². The molecule has 0 aliphatic heterocycles. The van der Waals surface area contributed by atoms with Crippen LogP contribution >= 0.6 is 23.1 Å². The van der Waals surface area contributed by atoms with Crippen LogP contribution in [-0.2, 0) is 11.2 Å². The lowest BCUT2D eigenvalue weighted by molar-refractivity contribution is -0.113. The summed E-state index contributed by atoms with van der Waals surface area (Å²) in [5.74, 6) is -0.0303. The standard InChI is InChI=1S/C30H26FN3O3S2/c1-3-19-12-14-22(15-13-19)34-29(36)28-24(17-26(39-28)23-10-5-6-11-25(23)37-4-2)33-30(34)38-18-27(35)32-21-9-7-8-20(31)16-21/h5-17H,3-4,18H2,1-2H3,(H,32,35). The fourth-order valence-corrected chi connectivity index (χ4v) is 6.01. The second-order valence-corrected chi connectivity index (χ2v) is 10.7. The zero-order chi connectivity index (χ0) is 27.4. The van der Waals surface area contributed by atoms with Gasteiger partial charge in [-0.05, 0) is 67.4 Å². The number of hydrogen-bond donors (Lipinski definition) is 1. The first-order valence-corrected chi connectivity index (χ1v) is 14.3. The number of halogens is 1. The summed E-state index contributed by atoms with van der Waals surface area (Å²) in [4.78, 5) is 32.3. The highest BCUT2D eigenvalue weighted by molar-refractivity contribution is 7.99. The minimum Gasteiger partial charge on any atom is -0.493 e. The minimum atomic E-state index is -0.434. The number of benzene rings is 3. The van der Waals surface area contributed by atoms with Crippen molar-refractivity contribution in [2.75, 3.05) is 17.7 Å². The highest BCUT2D eigenvalue weighted by Gasteiger charge is 2.19. The number of anilines is 1. The second-order valence-electron chi connectivity index (χ2n) is 8.66. The lowest BCUT2D eigenvalue weighted by atomic mass is 10.1. The summed E-state index contributed by atoms with van der Waals surface area (Å²) in [7, 11) is 0. The van der Waals surface area contributed by atoms with Crippen molar-refractivity contribution in [1.82, 2.24) is 9.55 Å². The van der Waals surface area contributed by atoms with Gasteiger partial charge in [0.1, 0.15) is 16.3 Å². The van der Waals surface area contributed by atoms with Crippen molar-refractivity contribution in [2.24, 2.45) is 0 Å². The van der Waals surface area contributed by atoms with Gasteiger partial charge < -0.3 is 10.1 Å². The van der Waals surface area contributed by atoms with Crippen LogP contribution < -0.4 is 15.6 Å². The Morgan fingerprint density at radius 2 is 1.85 bits per heavy atom. The molecule has 2 aromatic heterocycles. The van der Waals surface area contributed by atoms with Gasteiger partial charge in [-0.15, -0.1) is 11.3 Å². The number of rotatable bonds is 9. The Morgan fingerprint density at radius 1 is 1.05 bits per heavy atom. The number of para-hydroxylation sites is 1. The van der Waals surface area contributed by atoms with Crippen LogP contribution in [0.15, 0.2) is 88.8 Å². The molecular formula is C30H26FN3O3S2. The molecule has 9 heteroatoms. The number of aromatic nitrogens is 2. The van der Waals surface area contributed by atoms with E-state index in [1.807, 2.05) is 61.5 Å². The van der Waals surface area contributed by atoms with E-state index in [4.69, 9.17) is 9.72 Å². The number of carbonyl (C=O) groups excluding carboxylic acids is 1. The molecule has 0 aliphatic rings. The van der Waals surface area contributed by atoms with Crippen LogP contribution in [0.4, 0.5) is 10.1 Å². The molecule has 2 heterocycles. The summed E-state index contributed by atoms with van der Waals surface area (Å²) in [5.41, 5.74) is 3.43. The van der Waals surface area contributed by atoms with Crippen LogP contribution in [-0.4, -0.2) is 27.8 Å². The van der Waals surface area contributed by atoms with E-state index in [9.17, 15) is 14.0 Å². The monoisotopic (exact) mass is 559 g/mol. The number of carbonyl (C=O) groups is 1. The van der Waals surface area contributed by atoms with Crippen molar-refractivity contribution in [3.63, 3.8) is 0 Å². The highest BCUT2D eigenvalue weighted by Crippen LogP contribution is 2.37. The number of hydrogen-bond acceptors (Lipinski definition) is 6. The molecule has 0 unspecified atom stereocenters. The van der Waals surface area contributed by atoms with Gasteiger partial charge in [-0.1, -0.05) is 49.0 Å². The molecule has 0 fully saturated rings. The summed E-state index contributed by atoms with van der Waals surface area (Å²) >= 11 is 2.52. The molecule has 5 rings (SSSR count). The highest BCUT2D eigenvalue weighted by atomic mass is 32.2. The smallest absolute Gasteiger partial charge is 0.276 e. The lowest BCUT2D eigenvalue weighted by Gasteiger charge is -2.12. The maximum atomic E-state index is 13.9. The van der Waals surface area contributed by atoms with Gasteiger partial charge in [-0.25, -0.2) is 9.37 Å². The number of nitrogens with one attached hydrogen (secondary N) is 1. The normalized spacial score (nSPS) is 11.1. The van der Waals surface area contributed by atoms with Gasteiger partial charge >= 0.3 is 0 Å². The number of fused-ring (bicyclic) bond motifs is 1. The van der Waals surface area contributed by atoms with Crippen molar-refractivity contribution in [2.45, 2.75) is 25.4 Å². The zero-order valence-corrected chi connectivity index (χ0v) is 23.1. The minimum absolute atomic E-state index is 0.00826. The number of aryl methyl sites for hydroxylation is 1. The van der Waals surface area contributed by atoms with Crippen LogP contribution in [0.2, 0.25) is 0 Å². The third kappa shape index (κ3) is 5.89. The maximum absolute atomic E-state index is 13.9. The quantitative estimate of drug-likeness (QED) is 0.156. The van der Waals surface area contributed by atoms with Gasteiger partial charge in [-0.3, -0.25) is 14.2 Å². The molecule has 1 amide bonds. The van der Waals surface area contributed by atoms with Crippen molar-refractivity contribution in [3.8, 4) is 21.9 Å². The van der Waals surface area contributed by atoms with Crippen molar-refractivity contribution < 1.29 is 13.9 Å². The first-order chi connectivity index (χ1) is 19.0. The van der Waals surface area contributed by atoms with E-state index in [1.165, 1.54) is 29.5 Å². The molecule has 0 atom stereocenters. The lowest BCUT2D eigenvalue weighted by Crippen LogP contribution is -2.22. The number of nitrogens with zero attached hydrogens (tertiary/aromatic N) is 2. The summed E-state index contributed by atoms with van der Waals surface area (Å²) in [6, 6.07) is 23.1. The average Bonchev–Trinajstić information content (AvgIpc) is 3.37. The van der Waals surface area contributed by atoms with Crippen molar-refractivity contribution in [1.29, 1.82) is 0 Å². The molecule has 0 radical (unpaired) electrons. The van der Waals surface area contributed by atoms with Gasteiger partial charge in [0, 0.05) is 16.1 Å². The molecule has 0 saturated heterocycles. The number of amides is 1. The molecule has 5 aromatic rings. The topological polar surface area (TPSA) is 73.2 Å². The first-order valence-electron chi connectivity index (χ1n) is 12.5. The number of thiophene rings is 1. The summed E-state index contributed by atoms with van der Waals surface area (Å²) in [6.45, 7) is 4.53. The maximum Gasteiger partial charge on any atom is 0.276 e. The molecule has 1 N–H and O–H groups in total. The average molecular weight is 560 g/mol. The van der Waals surface area contributed by atoms with Crippen LogP contribution in [0.3, 0.4) is 0 Å². The Bertz CT molecular complexity index is 1700. The molecule has 39 heavy (non-hydrogen) atoms.